The molecule has 0 saturated heterocycles. The van der Waals surface area contributed by atoms with Crippen molar-refractivity contribution >= 4 is 5.97 Å². The standard InChI is InChI=1S/C12H23NO2/c1-15-12(14)11(13)9-5-8-10-6-3-2-4-7-10/h10-11H,2-9,13H2,1H3. The lowest BCUT2D eigenvalue weighted by molar-refractivity contribution is -0.142. The van der Waals surface area contributed by atoms with E-state index in [0.29, 0.717) is 0 Å². The molecule has 0 aromatic rings. The second-order valence-electron chi connectivity index (χ2n) is 4.56. The molecule has 1 fully saturated rings. The molecule has 0 aromatic carbocycles. The highest BCUT2D eigenvalue weighted by Gasteiger charge is 2.16. The number of nitrogens with two attached hydrogens (primary N) is 1. The maximum absolute atomic E-state index is 11.0. The van der Waals surface area contributed by atoms with Crippen LogP contribution in [0.2, 0.25) is 0 Å². The molecular weight excluding hydrogens is 190 g/mol. The maximum atomic E-state index is 11.0. The third kappa shape index (κ3) is 4.65. The summed E-state index contributed by atoms with van der Waals surface area (Å²) in [6.45, 7) is 0. The molecule has 15 heavy (non-hydrogen) atoms. The average molecular weight is 213 g/mol. The van der Waals surface area contributed by atoms with Gasteiger partial charge in [-0.25, -0.2) is 0 Å². The molecule has 0 aromatic heterocycles. The number of hydrogen-bond donors (Lipinski definition) is 1. The fraction of sp³-hybridized carbons (Fsp3) is 0.917. The zero-order valence-corrected chi connectivity index (χ0v) is 9.71. The monoisotopic (exact) mass is 213 g/mol. The van der Waals surface area contributed by atoms with E-state index in [0.717, 1.165) is 18.8 Å². The van der Waals surface area contributed by atoms with E-state index in [1.54, 1.807) is 0 Å². The SMILES string of the molecule is COC(=O)C(N)CCCC1CCCCC1. The third-order valence-electron chi connectivity index (χ3n) is 3.36. The maximum Gasteiger partial charge on any atom is 0.322 e. The van der Waals surface area contributed by atoms with Gasteiger partial charge in [0, 0.05) is 0 Å². The topological polar surface area (TPSA) is 52.3 Å². The largest absolute Gasteiger partial charge is 0.468 e. The van der Waals surface area contributed by atoms with Crippen LogP contribution in [0.4, 0.5) is 0 Å². The van der Waals surface area contributed by atoms with Gasteiger partial charge in [0.05, 0.1) is 7.11 Å². The average Bonchev–Trinajstić information content (AvgIpc) is 2.29. The summed E-state index contributed by atoms with van der Waals surface area (Å²) in [4.78, 5) is 11.0. The van der Waals surface area contributed by atoms with E-state index < -0.39 is 6.04 Å². The van der Waals surface area contributed by atoms with Gasteiger partial charge in [-0.2, -0.15) is 0 Å². The smallest absolute Gasteiger partial charge is 0.322 e. The van der Waals surface area contributed by atoms with Gasteiger partial charge in [-0.3, -0.25) is 4.79 Å². The van der Waals surface area contributed by atoms with E-state index in [9.17, 15) is 4.79 Å². The Morgan fingerprint density at radius 2 is 2.07 bits per heavy atom. The molecule has 3 nitrogen and oxygen atoms in total. The van der Waals surface area contributed by atoms with Crippen LogP contribution in [-0.2, 0) is 9.53 Å². The van der Waals surface area contributed by atoms with Crippen molar-refractivity contribution in [1.29, 1.82) is 0 Å². The van der Waals surface area contributed by atoms with E-state index in [1.165, 1.54) is 45.6 Å². The number of ether oxygens (including phenoxy) is 1. The number of carbonyl (C=O) groups is 1. The van der Waals surface area contributed by atoms with Crippen molar-refractivity contribution < 1.29 is 9.53 Å². The molecular formula is C12H23NO2. The van der Waals surface area contributed by atoms with Crippen LogP contribution in [0.3, 0.4) is 0 Å². The molecule has 2 N–H and O–H groups in total. The van der Waals surface area contributed by atoms with E-state index in [1.807, 2.05) is 0 Å². The number of esters is 1. The van der Waals surface area contributed by atoms with Crippen LogP contribution in [0.1, 0.15) is 51.4 Å². The Balaban J connectivity index is 2.07. The molecule has 1 saturated carbocycles. The lowest BCUT2D eigenvalue weighted by atomic mass is 9.85. The molecule has 0 aliphatic heterocycles. The second kappa shape index (κ2) is 6.83. The van der Waals surface area contributed by atoms with Gasteiger partial charge < -0.3 is 10.5 Å². The Bertz CT molecular complexity index is 188. The highest BCUT2D eigenvalue weighted by molar-refractivity contribution is 5.75. The van der Waals surface area contributed by atoms with Gasteiger partial charge in [0.1, 0.15) is 6.04 Å². The van der Waals surface area contributed by atoms with Crippen molar-refractivity contribution in [3.8, 4) is 0 Å². The van der Waals surface area contributed by atoms with Gasteiger partial charge in [0.15, 0.2) is 0 Å². The first kappa shape index (κ1) is 12.5. The summed E-state index contributed by atoms with van der Waals surface area (Å²) >= 11 is 0. The number of carbonyl (C=O) groups excluding carboxylic acids is 1. The lowest BCUT2D eigenvalue weighted by Gasteiger charge is -2.21. The Hall–Kier alpha value is -0.570. The minimum atomic E-state index is -0.418. The van der Waals surface area contributed by atoms with Crippen LogP contribution in [0.15, 0.2) is 0 Å². The van der Waals surface area contributed by atoms with Crippen molar-refractivity contribution in [3.05, 3.63) is 0 Å². The van der Waals surface area contributed by atoms with Crippen molar-refractivity contribution in [2.75, 3.05) is 7.11 Å². The predicted octanol–water partition coefficient (Wildman–Crippen LogP) is 2.24. The molecule has 1 aliphatic carbocycles. The van der Waals surface area contributed by atoms with Gasteiger partial charge in [-0.15, -0.1) is 0 Å². The molecule has 0 bridgehead atoms. The fourth-order valence-corrected chi connectivity index (χ4v) is 2.37. The van der Waals surface area contributed by atoms with Gasteiger partial charge in [-0.1, -0.05) is 44.9 Å². The molecule has 0 spiro atoms. The summed E-state index contributed by atoms with van der Waals surface area (Å²) in [6.07, 6.45) is 9.95. The summed E-state index contributed by atoms with van der Waals surface area (Å²) in [5.74, 6) is 0.599. The minimum Gasteiger partial charge on any atom is -0.468 e. The van der Waals surface area contributed by atoms with Gasteiger partial charge in [-0.05, 0) is 12.3 Å². The van der Waals surface area contributed by atoms with Crippen LogP contribution in [-0.4, -0.2) is 19.1 Å². The Morgan fingerprint density at radius 3 is 2.67 bits per heavy atom. The van der Waals surface area contributed by atoms with Crippen LogP contribution in [0, 0.1) is 5.92 Å². The highest BCUT2D eigenvalue weighted by atomic mass is 16.5. The second-order valence-corrected chi connectivity index (χ2v) is 4.56. The fourth-order valence-electron chi connectivity index (χ4n) is 2.37. The van der Waals surface area contributed by atoms with Crippen LogP contribution in [0.25, 0.3) is 0 Å². The van der Waals surface area contributed by atoms with E-state index >= 15 is 0 Å². The molecule has 0 heterocycles. The summed E-state index contributed by atoms with van der Waals surface area (Å²) in [7, 11) is 1.39. The first-order valence-electron chi connectivity index (χ1n) is 6.07. The normalized spacial score (nSPS) is 19.9. The molecule has 1 rings (SSSR count). The summed E-state index contributed by atoms with van der Waals surface area (Å²) in [5, 5.41) is 0. The third-order valence-corrected chi connectivity index (χ3v) is 3.36. The predicted molar refractivity (Wildman–Crippen MR) is 60.4 cm³/mol. The van der Waals surface area contributed by atoms with Crippen molar-refractivity contribution in [2.45, 2.75) is 57.4 Å². The Morgan fingerprint density at radius 1 is 1.40 bits per heavy atom. The van der Waals surface area contributed by atoms with Gasteiger partial charge in [0.2, 0.25) is 0 Å². The highest BCUT2D eigenvalue weighted by Crippen LogP contribution is 2.27. The molecule has 3 heteroatoms. The molecule has 0 amide bonds. The number of rotatable bonds is 5. The van der Waals surface area contributed by atoms with Gasteiger partial charge >= 0.3 is 5.97 Å². The molecule has 1 atom stereocenters. The summed E-state index contributed by atoms with van der Waals surface area (Å²) in [6, 6.07) is -0.418. The summed E-state index contributed by atoms with van der Waals surface area (Å²) < 4.78 is 4.59. The first-order valence-corrected chi connectivity index (χ1v) is 6.07. The molecule has 1 aliphatic rings. The number of hydrogen-bond acceptors (Lipinski definition) is 3. The zero-order chi connectivity index (χ0) is 11.1. The quantitative estimate of drug-likeness (QED) is 0.712. The first-order chi connectivity index (χ1) is 7.24. The zero-order valence-electron chi connectivity index (χ0n) is 9.71. The molecule has 88 valence electrons. The molecule has 1 unspecified atom stereocenters. The van der Waals surface area contributed by atoms with E-state index in [2.05, 4.69) is 4.74 Å². The Labute approximate surface area is 92.4 Å². The van der Waals surface area contributed by atoms with E-state index in [4.69, 9.17) is 5.73 Å². The van der Waals surface area contributed by atoms with Crippen LogP contribution in [0.5, 0.6) is 0 Å². The lowest BCUT2D eigenvalue weighted by Crippen LogP contribution is -2.31. The number of methoxy groups -OCH3 is 1. The Kier molecular flexibility index (Phi) is 5.69. The van der Waals surface area contributed by atoms with Crippen molar-refractivity contribution in [2.24, 2.45) is 11.7 Å². The van der Waals surface area contributed by atoms with Gasteiger partial charge in [0.25, 0.3) is 0 Å². The van der Waals surface area contributed by atoms with Crippen molar-refractivity contribution in [3.63, 3.8) is 0 Å². The van der Waals surface area contributed by atoms with E-state index in [-0.39, 0.29) is 5.97 Å². The van der Waals surface area contributed by atoms with Crippen molar-refractivity contribution in [1.82, 2.24) is 0 Å². The van der Waals surface area contributed by atoms with Crippen LogP contribution >= 0.6 is 0 Å². The van der Waals surface area contributed by atoms with Crippen LogP contribution < -0.4 is 5.73 Å². The summed E-state index contributed by atoms with van der Waals surface area (Å²) in [5.41, 5.74) is 5.67. The molecule has 0 radical (unpaired) electrons. The minimum absolute atomic E-state index is 0.279.